The fraction of sp³-hybridized carbons (Fsp3) is 0.556. The van der Waals surface area contributed by atoms with Crippen molar-refractivity contribution < 1.29 is 24.0 Å². The van der Waals surface area contributed by atoms with Crippen molar-refractivity contribution in [3.8, 4) is 0 Å². The van der Waals surface area contributed by atoms with E-state index in [1.807, 2.05) is 0 Å². The molecule has 1 unspecified atom stereocenters. The second-order valence-electron chi connectivity index (χ2n) is 2.93. The van der Waals surface area contributed by atoms with Crippen LogP contribution < -0.4 is 0 Å². The molecule has 0 bridgehead atoms. The molecule has 90 valence electrons. The largest absolute Gasteiger partial charge is 0.461 e. The van der Waals surface area contributed by atoms with Gasteiger partial charge in [0.1, 0.15) is 0 Å². The fourth-order valence-electron chi connectivity index (χ4n) is 0.731. The molecule has 0 aliphatic rings. The average molecular weight is 231 g/mol. The summed E-state index contributed by atoms with van der Waals surface area (Å²) in [5, 5.41) is 10.5. The fourth-order valence-corrected chi connectivity index (χ4v) is 0.731. The Hall–Kier alpha value is -1.92. The van der Waals surface area contributed by atoms with Crippen LogP contribution in [0.5, 0.6) is 0 Å². The molecule has 0 spiro atoms. The van der Waals surface area contributed by atoms with Gasteiger partial charge in [0, 0.05) is 10.5 Å². The van der Waals surface area contributed by atoms with Crippen LogP contribution in [0.3, 0.4) is 0 Å². The number of carbonyl (C=O) groups excluding carboxylic acids is 2. The molecule has 0 rings (SSSR count). The molecule has 0 aliphatic heterocycles. The molecular weight excluding hydrogens is 218 g/mol. The van der Waals surface area contributed by atoms with Gasteiger partial charge in [-0.3, -0.25) is 10.1 Å². The zero-order chi connectivity index (χ0) is 12.7. The number of hydrogen-bond acceptors (Lipinski definition) is 6. The summed E-state index contributed by atoms with van der Waals surface area (Å²) in [7, 11) is 0. The third-order valence-electron chi connectivity index (χ3n) is 1.53. The summed E-state index contributed by atoms with van der Waals surface area (Å²) < 4.78 is 8.98. The van der Waals surface area contributed by atoms with Gasteiger partial charge in [-0.25, -0.2) is 9.59 Å². The quantitative estimate of drug-likeness (QED) is 0.282. The molecule has 0 fully saturated rings. The SMILES string of the molecule is C=C(C)C(=O)OCC(C(=O)OCC)[N+](=O)[O-]. The van der Waals surface area contributed by atoms with Gasteiger partial charge in [-0.15, -0.1) is 0 Å². The molecule has 0 aromatic carbocycles. The predicted octanol–water partition coefficient (Wildman–Crippen LogP) is 0.314. The third-order valence-corrected chi connectivity index (χ3v) is 1.53. The molecule has 0 saturated heterocycles. The van der Waals surface area contributed by atoms with E-state index in [0.717, 1.165) is 0 Å². The molecule has 0 aromatic heterocycles. The maximum absolute atomic E-state index is 11.1. The first-order chi connectivity index (χ1) is 7.40. The van der Waals surface area contributed by atoms with Crippen LogP contribution in [0, 0.1) is 10.1 Å². The van der Waals surface area contributed by atoms with Crippen molar-refractivity contribution in [2.75, 3.05) is 13.2 Å². The lowest BCUT2D eigenvalue weighted by atomic mass is 10.3. The first-order valence-electron chi connectivity index (χ1n) is 4.52. The first kappa shape index (κ1) is 14.1. The minimum Gasteiger partial charge on any atom is -0.461 e. The lowest BCUT2D eigenvalue weighted by Gasteiger charge is -2.09. The number of nitro groups is 1. The topological polar surface area (TPSA) is 95.7 Å². The van der Waals surface area contributed by atoms with Crippen LogP contribution in [0.25, 0.3) is 0 Å². The summed E-state index contributed by atoms with van der Waals surface area (Å²) in [6.45, 7) is 5.59. The van der Waals surface area contributed by atoms with Crippen LogP contribution in [0.15, 0.2) is 12.2 Å². The van der Waals surface area contributed by atoms with E-state index in [2.05, 4.69) is 16.1 Å². The Kier molecular flexibility index (Phi) is 5.76. The standard InChI is InChI=1S/C9H13NO6/c1-4-15-9(12)7(10(13)14)5-16-8(11)6(2)3/h7H,2,4-5H2,1,3H3. The first-order valence-corrected chi connectivity index (χ1v) is 4.52. The Morgan fingerprint density at radius 1 is 1.44 bits per heavy atom. The van der Waals surface area contributed by atoms with Gasteiger partial charge in [-0.05, 0) is 13.8 Å². The summed E-state index contributed by atoms with van der Waals surface area (Å²) >= 11 is 0. The summed E-state index contributed by atoms with van der Waals surface area (Å²) in [5.74, 6) is -1.81. The average Bonchev–Trinajstić information content (AvgIpc) is 2.17. The molecular formula is C9H13NO6. The highest BCUT2D eigenvalue weighted by Crippen LogP contribution is 1.99. The van der Waals surface area contributed by atoms with Crippen LogP contribution in [0.2, 0.25) is 0 Å². The highest BCUT2D eigenvalue weighted by molar-refractivity contribution is 5.87. The molecule has 0 amide bonds. The highest BCUT2D eigenvalue weighted by atomic mass is 16.6. The molecule has 0 heterocycles. The van der Waals surface area contributed by atoms with Crippen LogP contribution in [0.1, 0.15) is 13.8 Å². The second-order valence-corrected chi connectivity index (χ2v) is 2.93. The van der Waals surface area contributed by atoms with Crippen molar-refractivity contribution in [1.82, 2.24) is 0 Å². The van der Waals surface area contributed by atoms with Gasteiger partial charge in [-0.2, -0.15) is 0 Å². The van der Waals surface area contributed by atoms with Crippen LogP contribution >= 0.6 is 0 Å². The van der Waals surface area contributed by atoms with Crippen LogP contribution in [-0.4, -0.2) is 36.1 Å². The summed E-state index contributed by atoms with van der Waals surface area (Å²) in [4.78, 5) is 31.7. The van der Waals surface area contributed by atoms with Gasteiger partial charge in [0.25, 0.3) is 0 Å². The lowest BCUT2D eigenvalue weighted by molar-refractivity contribution is -0.513. The van der Waals surface area contributed by atoms with Crippen LogP contribution in [-0.2, 0) is 19.1 Å². The maximum atomic E-state index is 11.1. The van der Waals surface area contributed by atoms with Crippen molar-refractivity contribution in [2.45, 2.75) is 19.9 Å². The van der Waals surface area contributed by atoms with Gasteiger partial charge in [0.2, 0.25) is 0 Å². The van der Waals surface area contributed by atoms with Gasteiger partial charge < -0.3 is 9.47 Å². The molecule has 0 radical (unpaired) electrons. The second kappa shape index (κ2) is 6.54. The normalized spacial score (nSPS) is 11.4. The smallest absolute Gasteiger partial charge is 0.385 e. The number of carbonyl (C=O) groups is 2. The predicted molar refractivity (Wildman–Crippen MR) is 53.2 cm³/mol. The Labute approximate surface area is 92.2 Å². The van der Waals surface area contributed by atoms with Crippen molar-refractivity contribution in [1.29, 1.82) is 0 Å². The number of ether oxygens (including phenoxy) is 2. The molecule has 1 atom stereocenters. The van der Waals surface area contributed by atoms with Gasteiger partial charge in [0.15, 0.2) is 6.61 Å². The Balaban J connectivity index is 4.36. The van der Waals surface area contributed by atoms with Gasteiger partial charge in [-0.1, -0.05) is 6.58 Å². The summed E-state index contributed by atoms with van der Waals surface area (Å²) in [6.07, 6.45) is 0. The van der Waals surface area contributed by atoms with Crippen molar-refractivity contribution >= 4 is 11.9 Å². The zero-order valence-corrected chi connectivity index (χ0v) is 9.10. The monoisotopic (exact) mass is 231 g/mol. The van der Waals surface area contributed by atoms with Gasteiger partial charge >= 0.3 is 18.0 Å². The van der Waals surface area contributed by atoms with E-state index >= 15 is 0 Å². The maximum Gasteiger partial charge on any atom is 0.385 e. The lowest BCUT2D eigenvalue weighted by Crippen LogP contribution is -2.36. The molecule has 0 saturated carbocycles. The zero-order valence-electron chi connectivity index (χ0n) is 9.10. The summed E-state index contributed by atoms with van der Waals surface area (Å²) in [6, 6.07) is -1.69. The van der Waals surface area contributed by atoms with E-state index < -0.39 is 29.5 Å². The molecule has 0 aliphatic carbocycles. The minimum atomic E-state index is -1.69. The van der Waals surface area contributed by atoms with E-state index in [1.165, 1.54) is 13.8 Å². The molecule has 0 aromatic rings. The Morgan fingerprint density at radius 2 is 2.00 bits per heavy atom. The summed E-state index contributed by atoms with van der Waals surface area (Å²) in [5.41, 5.74) is 0.103. The van der Waals surface area contributed by atoms with Crippen molar-refractivity contribution in [3.63, 3.8) is 0 Å². The van der Waals surface area contributed by atoms with E-state index in [-0.39, 0.29) is 12.2 Å². The van der Waals surface area contributed by atoms with Crippen molar-refractivity contribution in [2.24, 2.45) is 0 Å². The molecule has 0 N–H and O–H groups in total. The van der Waals surface area contributed by atoms with Gasteiger partial charge in [0.05, 0.1) is 6.61 Å². The van der Waals surface area contributed by atoms with E-state index in [9.17, 15) is 19.7 Å². The molecule has 16 heavy (non-hydrogen) atoms. The van der Waals surface area contributed by atoms with E-state index in [4.69, 9.17) is 0 Å². The Bertz CT molecular complexity index is 311. The third kappa shape index (κ3) is 4.54. The van der Waals surface area contributed by atoms with Crippen LogP contribution in [0.4, 0.5) is 0 Å². The van der Waals surface area contributed by atoms with Crippen molar-refractivity contribution in [3.05, 3.63) is 22.3 Å². The molecule has 7 heteroatoms. The van der Waals surface area contributed by atoms with E-state index in [0.29, 0.717) is 0 Å². The number of nitrogens with zero attached hydrogens (tertiary/aromatic N) is 1. The number of rotatable bonds is 6. The Morgan fingerprint density at radius 3 is 2.38 bits per heavy atom. The highest BCUT2D eigenvalue weighted by Gasteiger charge is 2.32. The number of hydrogen-bond donors (Lipinski definition) is 0. The number of esters is 2. The molecule has 7 nitrogen and oxygen atoms in total. The van der Waals surface area contributed by atoms with E-state index in [1.54, 1.807) is 0 Å². The minimum absolute atomic E-state index is 0.0254.